The predicted octanol–water partition coefficient (Wildman–Crippen LogP) is 3.37. The third-order valence-corrected chi connectivity index (χ3v) is 5.32. The van der Waals surface area contributed by atoms with Gasteiger partial charge in [-0.3, -0.25) is 14.5 Å². The van der Waals surface area contributed by atoms with Gasteiger partial charge in [0.2, 0.25) is 11.8 Å². The van der Waals surface area contributed by atoms with Crippen molar-refractivity contribution < 1.29 is 22.8 Å². The average molecular weight is 440 g/mol. The minimum atomic E-state index is -4.49. The Kier molecular flexibility index (Phi) is 6.99. The van der Waals surface area contributed by atoms with Gasteiger partial charge in [0.05, 0.1) is 18.0 Å². The molecule has 1 aliphatic heterocycles. The SMILES string of the molecule is O=C(C[C@@H]1C(=O)NCCN1Cc1ccccc1C(F)(F)F)NCc1ccccc1Cl. The monoisotopic (exact) mass is 439 g/mol. The predicted molar refractivity (Wildman–Crippen MR) is 107 cm³/mol. The fourth-order valence-electron chi connectivity index (χ4n) is 3.41. The van der Waals surface area contributed by atoms with E-state index in [-0.39, 0.29) is 36.9 Å². The van der Waals surface area contributed by atoms with E-state index in [4.69, 9.17) is 11.6 Å². The summed E-state index contributed by atoms with van der Waals surface area (Å²) in [5.41, 5.74) is 0.0654. The molecule has 1 saturated heterocycles. The maximum Gasteiger partial charge on any atom is 0.416 e. The minimum Gasteiger partial charge on any atom is -0.353 e. The van der Waals surface area contributed by atoms with Gasteiger partial charge < -0.3 is 10.6 Å². The molecule has 0 aromatic heterocycles. The molecule has 30 heavy (non-hydrogen) atoms. The molecule has 1 aliphatic rings. The lowest BCUT2D eigenvalue weighted by Gasteiger charge is -2.35. The standard InChI is InChI=1S/C21H21ClF3N3O2/c22-17-8-4-2-5-14(17)12-27-19(29)11-18-20(30)26-9-10-28(18)13-15-6-1-3-7-16(15)21(23,24)25/h1-8,18H,9-13H2,(H,26,30)(H,27,29)/t18-/m1/s1. The first-order valence-electron chi connectivity index (χ1n) is 9.42. The van der Waals surface area contributed by atoms with Gasteiger partial charge in [-0.25, -0.2) is 0 Å². The number of carbonyl (C=O) groups is 2. The molecule has 1 heterocycles. The van der Waals surface area contributed by atoms with Crippen LogP contribution in [0.4, 0.5) is 13.2 Å². The molecule has 0 bridgehead atoms. The molecule has 9 heteroatoms. The number of piperazine rings is 1. The van der Waals surface area contributed by atoms with E-state index in [1.807, 2.05) is 0 Å². The molecule has 0 radical (unpaired) electrons. The molecule has 0 spiro atoms. The van der Waals surface area contributed by atoms with Crippen LogP contribution in [0.5, 0.6) is 0 Å². The first-order valence-corrected chi connectivity index (χ1v) is 9.80. The number of alkyl halides is 3. The van der Waals surface area contributed by atoms with Crippen LogP contribution in [0.2, 0.25) is 5.02 Å². The zero-order valence-corrected chi connectivity index (χ0v) is 16.8. The van der Waals surface area contributed by atoms with E-state index in [2.05, 4.69) is 10.6 Å². The van der Waals surface area contributed by atoms with E-state index in [1.165, 1.54) is 18.2 Å². The van der Waals surface area contributed by atoms with Gasteiger partial charge in [0.1, 0.15) is 0 Å². The molecular weight excluding hydrogens is 419 g/mol. The van der Waals surface area contributed by atoms with Gasteiger partial charge >= 0.3 is 6.18 Å². The summed E-state index contributed by atoms with van der Waals surface area (Å²) in [6, 6.07) is 11.5. The maximum absolute atomic E-state index is 13.3. The molecule has 0 saturated carbocycles. The van der Waals surface area contributed by atoms with Crippen LogP contribution in [0.1, 0.15) is 23.1 Å². The van der Waals surface area contributed by atoms with Crippen molar-refractivity contribution in [1.82, 2.24) is 15.5 Å². The van der Waals surface area contributed by atoms with Gasteiger partial charge in [0, 0.05) is 31.2 Å². The van der Waals surface area contributed by atoms with Crippen molar-refractivity contribution in [3.8, 4) is 0 Å². The first-order chi connectivity index (χ1) is 14.3. The maximum atomic E-state index is 13.3. The highest BCUT2D eigenvalue weighted by atomic mass is 35.5. The van der Waals surface area contributed by atoms with Crippen molar-refractivity contribution in [1.29, 1.82) is 0 Å². The van der Waals surface area contributed by atoms with Crippen LogP contribution in [-0.4, -0.2) is 35.8 Å². The zero-order chi connectivity index (χ0) is 21.7. The van der Waals surface area contributed by atoms with Crippen LogP contribution in [-0.2, 0) is 28.9 Å². The summed E-state index contributed by atoms with van der Waals surface area (Å²) in [5.74, 6) is -0.760. The van der Waals surface area contributed by atoms with Crippen LogP contribution in [0.3, 0.4) is 0 Å². The molecule has 160 valence electrons. The van der Waals surface area contributed by atoms with E-state index in [0.717, 1.165) is 11.6 Å². The highest BCUT2D eigenvalue weighted by Gasteiger charge is 2.36. The Labute approximate surface area is 177 Å². The van der Waals surface area contributed by atoms with Crippen LogP contribution in [0.25, 0.3) is 0 Å². The Balaban J connectivity index is 1.69. The van der Waals surface area contributed by atoms with Crippen molar-refractivity contribution in [2.45, 2.75) is 31.7 Å². The quantitative estimate of drug-likeness (QED) is 0.725. The van der Waals surface area contributed by atoms with E-state index >= 15 is 0 Å². The molecule has 2 amide bonds. The summed E-state index contributed by atoms with van der Waals surface area (Å²) in [6.45, 7) is 0.778. The lowest BCUT2D eigenvalue weighted by atomic mass is 10.0. The number of amides is 2. The Hall–Kier alpha value is -2.58. The van der Waals surface area contributed by atoms with Gasteiger partial charge in [-0.2, -0.15) is 13.2 Å². The smallest absolute Gasteiger partial charge is 0.353 e. The molecule has 2 N–H and O–H groups in total. The number of hydrogen-bond donors (Lipinski definition) is 2. The number of hydrogen-bond acceptors (Lipinski definition) is 3. The third-order valence-electron chi connectivity index (χ3n) is 4.95. The second-order valence-electron chi connectivity index (χ2n) is 7.00. The Morgan fingerprint density at radius 2 is 1.80 bits per heavy atom. The van der Waals surface area contributed by atoms with Crippen LogP contribution in [0.15, 0.2) is 48.5 Å². The lowest BCUT2D eigenvalue weighted by molar-refractivity contribution is -0.139. The molecule has 2 aromatic rings. The van der Waals surface area contributed by atoms with Gasteiger partial charge in [0.15, 0.2) is 0 Å². The van der Waals surface area contributed by atoms with Gasteiger partial charge in [-0.15, -0.1) is 0 Å². The largest absolute Gasteiger partial charge is 0.416 e. The Morgan fingerprint density at radius 3 is 2.50 bits per heavy atom. The second-order valence-corrected chi connectivity index (χ2v) is 7.41. The number of nitrogens with one attached hydrogen (secondary N) is 2. The average Bonchev–Trinajstić information content (AvgIpc) is 2.69. The summed E-state index contributed by atoms with van der Waals surface area (Å²) in [5, 5.41) is 5.91. The third kappa shape index (κ3) is 5.52. The highest BCUT2D eigenvalue weighted by molar-refractivity contribution is 6.31. The van der Waals surface area contributed by atoms with Crippen LogP contribution in [0, 0.1) is 0 Å². The molecule has 0 aliphatic carbocycles. The second kappa shape index (κ2) is 9.49. The van der Waals surface area contributed by atoms with Crippen molar-refractivity contribution in [3.05, 3.63) is 70.2 Å². The van der Waals surface area contributed by atoms with Crippen LogP contribution < -0.4 is 10.6 Å². The molecule has 2 aromatic carbocycles. The molecule has 1 atom stereocenters. The number of benzene rings is 2. The Morgan fingerprint density at radius 1 is 1.13 bits per heavy atom. The van der Waals surface area contributed by atoms with Crippen molar-refractivity contribution in [2.24, 2.45) is 0 Å². The normalized spacial score (nSPS) is 17.5. The number of nitrogens with zero attached hydrogens (tertiary/aromatic N) is 1. The summed E-state index contributed by atoms with van der Waals surface area (Å²) in [4.78, 5) is 26.4. The lowest BCUT2D eigenvalue weighted by Crippen LogP contribution is -2.56. The molecule has 0 unspecified atom stereocenters. The van der Waals surface area contributed by atoms with Crippen molar-refractivity contribution >= 4 is 23.4 Å². The number of carbonyl (C=O) groups excluding carboxylic acids is 2. The minimum absolute atomic E-state index is 0.0705. The summed E-state index contributed by atoms with van der Waals surface area (Å²) >= 11 is 6.07. The Bertz CT molecular complexity index is 920. The fourth-order valence-corrected chi connectivity index (χ4v) is 3.61. The zero-order valence-electron chi connectivity index (χ0n) is 16.0. The fraction of sp³-hybridized carbons (Fsp3) is 0.333. The van der Waals surface area contributed by atoms with Gasteiger partial charge in [-0.05, 0) is 23.3 Å². The van der Waals surface area contributed by atoms with Gasteiger partial charge in [-0.1, -0.05) is 48.0 Å². The number of halogens is 4. The van der Waals surface area contributed by atoms with E-state index < -0.39 is 17.8 Å². The van der Waals surface area contributed by atoms with Gasteiger partial charge in [0.25, 0.3) is 0 Å². The first kappa shape index (κ1) is 22.1. The van der Waals surface area contributed by atoms with Crippen molar-refractivity contribution in [3.63, 3.8) is 0 Å². The van der Waals surface area contributed by atoms with E-state index in [1.54, 1.807) is 29.2 Å². The highest BCUT2D eigenvalue weighted by Crippen LogP contribution is 2.32. The molecule has 3 rings (SSSR count). The summed E-state index contributed by atoms with van der Waals surface area (Å²) < 4.78 is 39.9. The van der Waals surface area contributed by atoms with Crippen LogP contribution >= 0.6 is 11.6 Å². The summed E-state index contributed by atoms with van der Waals surface area (Å²) in [7, 11) is 0. The topological polar surface area (TPSA) is 61.4 Å². The number of rotatable bonds is 6. The molecule has 1 fully saturated rings. The molecule has 5 nitrogen and oxygen atoms in total. The van der Waals surface area contributed by atoms with E-state index in [9.17, 15) is 22.8 Å². The molecular formula is C21H21ClF3N3O2. The van der Waals surface area contributed by atoms with Crippen molar-refractivity contribution in [2.75, 3.05) is 13.1 Å². The summed E-state index contributed by atoms with van der Waals surface area (Å²) in [6.07, 6.45) is -4.65. The van der Waals surface area contributed by atoms with E-state index in [0.29, 0.717) is 18.1 Å².